The molecule has 1 aromatic carbocycles. The molecule has 0 aliphatic carbocycles. The molecule has 0 unspecified atom stereocenters. The maximum absolute atomic E-state index is 13.0. The molecule has 5 rings (SSSR count). The maximum atomic E-state index is 13.0. The van der Waals surface area contributed by atoms with Gasteiger partial charge in [0.1, 0.15) is 5.82 Å². The number of imidazole rings is 1. The van der Waals surface area contributed by atoms with Crippen LogP contribution in [0.5, 0.6) is 0 Å². The molecule has 33 heavy (non-hydrogen) atoms. The molecule has 4 heterocycles. The summed E-state index contributed by atoms with van der Waals surface area (Å²) >= 11 is 1.52. The zero-order chi connectivity index (χ0) is 22.8. The number of thioether (sulfide) groups is 1. The predicted octanol–water partition coefficient (Wildman–Crippen LogP) is 1.53. The topological polar surface area (TPSA) is 117 Å². The van der Waals surface area contributed by atoms with Crippen LogP contribution in [0.25, 0.3) is 11.0 Å². The molecule has 0 bridgehead atoms. The first-order valence-electron chi connectivity index (χ1n) is 11.1. The molecule has 0 N–H and O–H groups in total. The van der Waals surface area contributed by atoms with Crippen LogP contribution in [-0.4, -0.2) is 81.5 Å². The Morgan fingerprint density at radius 1 is 1.21 bits per heavy atom. The Hall–Kier alpha value is -2.06. The monoisotopic (exact) mass is 493 g/mol. The highest BCUT2D eigenvalue weighted by Gasteiger charge is 2.27. The van der Waals surface area contributed by atoms with Gasteiger partial charge in [-0.1, -0.05) is 11.8 Å². The van der Waals surface area contributed by atoms with Crippen molar-refractivity contribution in [3.05, 3.63) is 24.0 Å². The normalized spacial score (nSPS) is 20.1. The number of nitrogens with zero attached hydrogens (tertiary/aromatic N) is 7. The average Bonchev–Trinajstić information content (AvgIpc) is 3.58. The summed E-state index contributed by atoms with van der Waals surface area (Å²) in [5.41, 5.74) is 1.58. The number of benzene rings is 1. The van der Waals surface area contributed by atoms with Crippen LogP contribution >= 0.6 is 11.8 Å². The Labute approximate surface area is 196 Å². The van der Waals surface area contributed by atoms with Crippen LogP contribution in [0.4, 0.5) is 0 Å². The van der Waals surface area contributed by atoms with Crippen LogP contribution in [0, 0.1) is 0 Å². The van der Waals surface area contributed by atoms with Crippen molar-refractivity contribution in [2.24, 2.45) is 0 Å². The minimum absolute atomic E-state index is 0.153. The summed E-state index contributed by atoms with van der Waals surface area (Å²) in [4.78, 5) is 5.03. The first-order valence-corrected chi connectivity index (χ1v) is 13.6. The number of hydrogen-bond acceptors (Lipinski definition) is 9. The van der Waals surface area contributed by atoms with Crippen LogP contribution in [0.3, 0.4) is 0 Å². The number of aryl methyl sites for hydroxylation is 1. The molecule has 0 saturated carbocycles. The van der Waals surface area contributed by atoms with E-state index in [0.29, 0.717) is 44.1 Å². The molecule has 0 radical (unpaired) electrons. The molecule has 0 amide bonds. The van der Waals surface area contributed by atoms with Gasteiger partial charge < -0.3 is 14.0 Å². The SMILES string of the molecule is CCn1c(CSc2nnnn2C[C@@H]2CCCO2)nc2cc(S(=O)(=O)N3CCOCC3)ccc21. The Kier molecular flexibility index (Phi) is 6.65. The number of rotatable bonds is 8. The molecule has 13 heteroatoms. The second-order valence-electron chi connectivity index (χ2n) is 8.01. The summed E-state index contributed by atoms with van der Waals surface area (Å²) in [5, 5.41) is 12.8. The molecule has 2 saturated heterocycles. The zero-order valence-corrected chi connectivity index (χ0v) is 20.1. The van der Waals surface area contributed by atoms with Crippen molar-refractivity contribution >= 4 is 32.8 Å². The molecule has 3 aromatic rings. The van der Waals surface area contributed by atoms with E-state index in [1.165, 1.54) is 16.1 Å². The number of tetrazole rings is 1. The van der Waals surface area contributed by atoms with Gasteiger partial charge in [0, 0.05) is 26.2 Å². The number of morpholine rings is 1. The quantitative estimate of drug-likeness (QED) is 0.431. The Morgan fingerprint density at radius 2 is 2.06 bits per heavy atom. The van der Waals surface area contributed by atoms with E-state index in [1.807, 2.05) is 6.07 Å². The lowest BCUT2D eigenvalue weighted by Crippen LogP contribution is -2.40. The van der Waals surface area contributed by atoms with E-state index in [-0.39, 0.29) is 11.0 Å². The van der Waals surface area contributed by atoms with Gasteiger partial charge in [-0.2, -0.15) is 4.31 Å². The Balaban J connectivity index is 1.36. The van der Waals surface area contributed by atoms with E-state index in [0.717, 1.165) is 42.5 Å². The highest BCUT2D eigenvalue weighted by atomic mass is 32.2. The second-order valence-corrected chi connectivity index (χ2v) is 10.9. The highest BCUT2D eigenvalue weighted by Crippen LogP contribution is 2.27. The molecule has 178 valence electrons. The van der Waals surface area contributed by atoms with E-state index in [1.54, 1.807) is 16.8 Å². The van der Waals surface area contributed by atoms with Gasteiger partial charge in [-0.05, 0) is 48.4 Å². The van der Waals surface area contributed by atoms with E-state index < -0.39 is 10.0 Å². The number of fused-ring (bicyclic) bond motifs is 1. The molecule has 11 nitrogen and oxygen atoms in total. The summed E-state index contributed by atoms with van der Waals surface area (Å²) in [7, 11) is -3.57. The summed E-state index contributed by atoms with van der Waals surface area (Å²) in [6.07, 6.45) is 2.24. The maximum Gasteiger partial charge on any atom is 0.243 e. The van der Waals surface area contributed by atoms with Crippen LogP contribution in [0.2, 0.25) is 0 Å². The molecular formula is C20H27N7O4S2. The van der Waals surface area contributed by atoms with Gasteiger partial charge in [-0.25, -0.2) is 18.1 Å². The molecule has 0 spiro atoms. The van der Waals surface area contributed by atoms with Crippen molar-refractivity contribution < 1.29 is 17.9 Å². The molecule has 2 aliphatic heterocycles. The van der Waals surface area contributed by atoms with Crippen molar-refractivity contribution in [1.82, 2.24) is 34.1 Å². The Bertz CT molecular complexity index is 1210. The van der Waals surface area contributed by atoms with Crippen LogP contribution < -0.4 is 0 Å². The average molecular weight is 494 g/mol. The lowest BCUT2D eigenvalue weighted by atomic mass is 10.2. The lowest BCUT2D eigenvalue weighted by Gasteiger charge is -2.26. The summed E-state index contributed by atoms with van der Waals surface area (Å²) in [6.45, 7) is 5.77. The molecule has 2 fully saturated rings. The van der Waals surface area contributed by atoms with Gasteiger partial charge in [0.25, 0.3) is 0 Å². The minimum Gasteiger partial charge on any atom is -0.379 e. The van der Waals surface area contributed by atoms with Gasteiger partial charge in [-0.3, -0.25) is 0 Å². The standard InChI is InChI=1S/C20H27N7O4S2/c1-2-26-18-6-5-16(33(28,29)25-7-10-30-11-8-25)12-17(18)21-19(26)14-32-20-22-23-24-27(20)13-15-4-3-9-31-15/h5-6,12,15H,2-4,7-11,13-14H2,1H3/t15-/m0/s1. The first kappa shape index (κ1) is 22.7. The predicted molar refractivity (Wildman–Crippen MR) is 121 cm³/mol. The summed E-state index contributed by atoms with van der Waals surface area (Å²) < 4.78 is 42.4. The lowest BCUT2D eigenvalue weighted by molar-refractivity contribution is 0.0730. The van der Waals surface area contributed by atoms with Crippen molar-refractivity contribution in [2.45, 2.75) is 54.8 Å². The van der Waals surface area contributed by atoms with Gasteiger partial charge in [0.2, 0.25) is 15.2 Å². The largest absolute Gasteiger partial charge is 0.379 e. The molecule has 2 aromatic heterocycles. The Morgan fingerprint density at radius 3 is 2.82 bits per heavy atom. The van der Waals surface area contributed by atoms with E-state index in [4.69, 9.17) is 14.5 Å². The third kappa shape index (κ3) is 4.64. The fourth-order valence-corrected chi connectivity index (χ4v) is 6.51. The fourth-order valence-electron chi connectivity index (χ4n) is 4.24. The molecular weight excluding hydrogens is 466 g/mol. The fraction of sp³-hybridized carbons (Fsp3) is 0.600. The number of sulfonamides is 1. The van der Waals surface area contributed by atoms with Crippen LogP contribution in [0.15, 0.2) is 28.3 Å². The zero-order valence-electron chi connectivity index (χ0n) is 18.5. The molecule has 1 atom stereocenters. The van der Waals surface area contributed by atoms with Gasteiger partial charge in [0.15, 0.2) is 0 Å². The first-order chi connectivity index (χ1) is 16.1. The number of aromatic nitrogens is 6. The van der Waals surface area contributed by atoms with E-state index >= 15 is 0 Å². The third-order valence-electron chi connectivity index (χ3n) is 5.95. The van der Waals surface area contributed by atoms with Gasteiger partial charge >= 0.3 is 0 Å². The smallest absolute Gasteiger partial charge is 0.243 e. The minimum atomic E-state index is -3.57. The highest BCUT2D eigenvalue weighted by molar-refractivity contribution is 7.98. The van der Waals surface area contributed by atoms with Crippen molar-refractivity contribution in [3.8, 4) is 0 Å². The molecule has 2 aliphatic rings. The van der Waals surface area contributed by atoms with Gasteiger partial charge in [0.05, 0.1) is 47.5 Å². The van der Waals surface area contributed by atoms with E-state index in [9.17, 15) is 8.42 Å². The van der Waals surface area contributed by atoms with Crippen LogP contribution in [0.1, 0.15) is 25.6 Å². The second kappa shape index (κ2) is 9.66. The van der Waals surface area contributed by atoms with E-state index in [2.05, 4.69) is 27.0 Å². The van der Waals surface area contributed by atoms with Gasteiger partial charge in [-0.15, -0.1) is 5.10 Å². The van der Waals surface area contributed by atoms with Crippen molar-refractivity contribution in [1.29, 1.82) is 0 Å². The number of hydrogen-bond donors (Lipinski definition) is 0. The number of ether oxygens (including phenoxy) is 2. The third-order valence-corrected chi connectivity index (χ3v) is 8.80. The summed E-state index contributed by atoms with van der Waals surface area (Å²) in [5.74, 6) is 1.42. The van der Waals surface area contributed by atoms with Crippen molar-refractivity contribution in [3.63, 3.8) is 0 Å². The van der Waals surface area contributed by atoms with Crippen molar-refractivity contribution in [2.75, 3.05) is 32.9 Å². The summed E-state index contributed by atoms with van der Waals surface area (Å²) in [6, 6.07) is 5.18. The van der Waals surface area contributed by atoms with Crippen LogP contribution in [-0.2, 0) is 38.3 Å².